The first-order chi connectivity index (χ1) is 4.51. The van der Waals surface area contributed by atoms with Crippen molar-refractivity contribution in [3.8, 4) is 0 Å². The summed E-state index contributed by atoms with van der Waals surface area (Å²) in [4.78, 5) is 12.1. The van der Waals surface area contributed by atoms with Crippen LogP contribution in [0.15, 0.2) is 12.4 Å². The molecule has 1 aliphatic rings. The molecule has 0 aromatic heterocycles. The molecule has 0 fully saturated rings. The number of primary amides is 1. The number of carbonyl (C=O) groups excluding carboxylic acids is 1. The quantitative estimate of drug-likeness (QED) is 0.367. The molecule has 0 saturated carbocycles. The van der Waals surface area contributed by atoms with Crippen LogP contribution < -0.4 is 29.7 Å². The third-order valence-corrected chi connectivity index (χ3v) is 1.45. The molecule has 0 atom stereocenters. The summed E-state index contributed by atoms with van der Waals surface area (Å²) in [5.41, 5.74) is 5.04. The molecule has 11 heavy (non-hydrogen) atoms. The van der Waals surface area contributed by atoms with Crippen LogP contribution in [0, 0.1) is 0 Å². The topological polar surface area (TPSA) is 46.3 Å². The fourth-order valence-corrected chi connectivity index (χ4v) is 0.891. The third-order valence-electron chi connectivity index (χ3n) is 1.45. The van der Waals surface area contributed by atoms with Gasteiger partial charge >= 0.3 is 6.03 Å². The van der Waals surface area contributed by atoms with Crippen LogP contribution in [0.2, 0.25) is 0 Å². The van der Waals surface area contributed by atoms with Crippen LogP contribution in [0.25, 0.3) is 0 Å². The molecule has 0 radical (unpaired) electrons. The monoisotopic (exact) mass is 269 g/mol. The summed E-state index contributed by atoms with van der Waals surface area (Å²) in [7, 11) is 4.00. The van der Waals surface area contributed by atoms with Gasteiger partial charge in [0.25, 0.3) is 0 Å². The number of amides is 2. The van der Waals surface area contributed by atoms with Gasteiger partial charge in [-0.1, -0.05) is 0 Å². The molecule has 0 saturated heterocycles. The SMILES string of the molecule is C[N+]1(C)C=CN(C(N)=O)C1.[I-]. The molecule has 2 N–H and O–H groups in total. The Balaban J connectivity index is 0.000001000. The molecule has 0 unspecified atom stereocenters. The van der Waals surface area contributed by atoms with Crippen molar-refractivity contribution in [2.45, 2.75) is 0 Å². The van der Waals surface area contributed by atoms with Crippen LogP contribution in [0.4, 0.5) is 4.79 Å². The Hall–Kier alpha value is -0.300. The van der Waals surface area contributed by atoms with Crippen molar-refractivity contribution in [3.05, 3.63) is 12.4 Å². The molecule has 64 valence electrons. The van der Waals surface area contributed by atoms with Crippen LogP contribution in [0.3, 0.4) is 0 Å². The highest BCUT2D eigenvalue weighted by atomic mass is 127. The predicted octanol–water partition coefficient (Wildman–Crippen LogP) is -3.11. The minimum atomic E-state index is -0.389. The minimum absolute atomic E-state index is 0. The van der Waals surface area contributed by atoms with E-state index in [1.165, 1.54) is 4.90 Å². The molecule has 5 heteroatoms. The zero-order valence-corrected chi connectivity index (χ0v) is 8.78. The molecule has 0 aromatic carbocycles. The van der Waals surface area contributed by atoms with Crippen molar-refractivity contribution in [2.75, 3.05) is 20.8 Å². The lowest BCUT2D eigenvalue weighted by Crippen LogP contribution is -3.00. The van der Waals surface area contributed by atoms with Crippen LogP contribution in [0.5, 0.6) is 0 Å². The minimum Gasteiger partial charge on any atom is -1.00 e. The van der Waals surface area contributed by atoms with Crippen LogP contribution in [0.1, 0.15) is 0 Å². The highest BCUT2D eigenvalue weighted by Gasteiger charge is 2.24. The number of carbonyl (C=O) groups is 1. The van der Waals surface area contributed by atoms with E-state index < -0.39 is 0 Å². The Morgan fingerprint density at radius 2 is 2.18 bits per heavy atom. The van der Waals surface area contributed by atoms with E-state index in [2.05, 4.69) is 0 Å². The molecule has 1 rings (SSSR count). The van der Waals surface area contributed by atoms with Gasteiger partial charge in [0.15, 0.2) is 6.67 Å². The molecular formula is C6H12IN3O. The van der Waals surface area contributed by atoms with E-state index in [0.717, 1.165) is 0 Å². The Morgan fingerprint density at radius 1 is 1.64 bits per heavy atom. The molecule has 0 spiro atoms. The van der Waals surface area contributed by atoms with Gasteiger partial charge in [-0.3, -0.25) is 4.48 Å². The van der Waals surface area contributed by atoms with E-state index in [-0.39, 0.29) is 30.0 Å². The van der Waals surface area contributed by atoms with Gasteiger partial charge in [0.05, 0.1) is 20.3 Å². The summed E-state index contributed by atoms with van der Waals surface area (Å²) in [5.74, 6) is 0. The zero-order chi connectivity index (χ0) is 7.78. The lowest BCUT2D eigenvalue weighted by Gasteiger charge is -2.21. The predicted molar refractivity (Wildman–Crippen MR) is 37.5 cm³/mol. The molecular weight excluding hydrogens is 257 g/mol. The van der Waals surface area contributed by atoms with Crippen LogP contribution in [-0.4, -0.2) is 36.2 Å². The summed E-state index contributed by atoms with van der Waals surface area (Å²) in [6.07, 6.45) is 3.63. The number of rotatable bonds is 0. The number of halogens is 1. The molecule has 0 bridgehead atoms. The van der Waals surface area contributed by atoms with Gasteiger partial charge < -0.3 is 29.7 Å². The van der Waals surface area contributed by atoms with Gasteiger partial charge in [0, 0.05) is 0 Å². The third kappa shape index (κ3) is 2.66. The Labute approximate surface area is 83.2 Å². The van der Waals surface area contributed by atoms with Gasteiger partial charge in [-0.15, -0.1) is 0 Å². The highest BCUT2D eigenvalue weighted by molar-refractivity contribution is 5.73. The Kier molecular flexibility index (Phi) is 3.30. The van der Waals surface area contributed by atoms with Crippen molar-refractivity contribution in [1.29, 1.82) is 0 Å². The number of nitrogens with zero attached hydrogens (tertiary/aromatic N) is 2. The van der Waals surface area contributed by atoms with E-state index >= 15 is 0 Å². The fourth-order valence-electron chi connectivity index (χ4n) is 0.891. The summed E-state index contributed by atoms with van der Waals surface area (Å²) in [6, 6.07) is -0.389. The first-order valence-electron chi connectivity index (χ1n) is 3.09. The number of hydrogen-bond donors (Lipinski definition) is 1. The maximum Gasteiger partial charge on any atom is 0.323 e. The first-order valence-corrected chi connectivity index (χ1v) is 3.09. The normalized spacial score (nSPS) is 19.6. The van der Waals surface area contributed by atoms with E-state index in [9.17, 15) is 4.79 Å². The number of urea groups is 1. The Morgan fingerprint density at radius 3 is 2.36 bits per heavy atom. The summed E-state index contributed by atoms with van der Waals surface area (Å²) < 4.78 is 0.683. The molecule has 1 aliphatic heterocycles. The summed E-state index contributed by atoms with van der Waals surface area (Å²) in [5, 5.41) is 0. The zero-order valence-electron chi connectivity index (χ0n) is 6.62. The van der Waals surface area contributed by atoms with Gasteiger partial charge in [-0.05, 0) is 0 Å². The second-order valence-corrected chi connectivity index (χ2v) is 3.03. The molecule has 0 aliphatic carbocycles. The number of nitrogens with two attached hydrogens (primary N) is 1. The highest BCUT2D eigenvalue weighted by Crippen LogP contribution is 2.10. The maximum absolute atomic E-state index is 10.6. The molecule has 1 heterocycles. The molecule has 0 aromatic rings. The average molecular weight is 269 g/mol. The van der Waals surface area contributed by atoms with E-state index in [4.69, 9.17) is 5.73 Å². The van der Waals surface area contributed by atoms with Crippen molar-refractivity contribution in [3.63, 3.8) is 0 Å². The van der Waals surface area contributed by atoms with Crippen LogP contribution >= 0.6 is 0 Å². The lowest BCUT2D eigenvalue weighted by atomic mass is 10.7. The van der Waals surface area contributed by atoms with Crippen molar-refractivity contribution < 1.29 is 33.3 Å². The number of hydrogen-bond acceptors (Lipinski definition) is 1. The van der Waals surface area contributed by atoms with Gasteiger partial charge in [0.1, 0.15) is 6.20 Å². The largest absolute Gasteiger partial charge is 1.00 e. The Bertz CT molecular complexity index is 190. The second-order valence-electron chi connectivity index (χ2n) is 3.03. The van der Waals surface area contributed by atoms with Crippen molar-refractivity contribution in [2.24, 2.45) is 5.73 Å². The standard InChI is InChI=1S/C6H11N3O.HI/c1-9(2)4-3-8(5-9)6(7)10;/h3-4H,5H2,1-2H3,(H-,7,10);1H. The van der Waals surface area contributed by atoms with Gasteiger partial charge in [0.2, 0.25) is 0 Å². The summed E-state index contributed by atoms with van der Waals surface area (Å²) >= 11 is 0. The van der Waals surface area contributed by atoms with Gasteiger partial charge in [-0.2, -0.15) is 0 Å². The lowest BCUT2D eigenvalue weighted by molar-refractivity contribution is -0.839. The van der Waals surface area contributed by atoms with Crippen molar-refractivity contribution >= 4 is 6.03 Å². The average Bonchev–Trinajstić information content (AvgIpc) is 2.10. The van der Waals surface area contributed by atoms with E-state index in [0.29, 0.717) is 11.2 Å². The smallest absolute Gasteiger partial charge is 0.323 e. The molecule has 2 amide bonds. The van der Waals surface area contributed by atoms with Crippen molar-refractivity contribution in [1.82, 2.24) is 4.90 Å². The summed E-state index contributed by atoms with van der Waals surface area (Å²) in [6.45, 7) is 0.634. The van der Waals surface area contributed by atoms with E-state index in [1.54, 1.807) is 6.20 Å². The first kappa shape index (κ1) is 10.7. The maximum atomic E-state index is 10.6. The van der Waals surface area contributed by atoms with Crippen LogP contribution in [-0.2, 0) is 0 Å². The van der Waals surface area contributed by atoms with Gasteiger partial charge in [-0.25, -0.2) is 9.69 Å². The van der Waals surface area contributed by atoms with E-state index in [1.807, 2.05) is 20.3 Å². The number of quaternary nitrogens is 1. The fraction of sp³-hybridized carbons (Fsp3) is 0.500. The second kappa shape index (κ2) is 3.40. The molecule has 4 nitrogen and oxygen atoms in total.